The van der Waals surface area contributed by atoms with E-state index in [1.165, 1.54) is 16.8 Å². The van der Waals surface area contributed by atoms with Gasteiger partial charge in [-0.1, -0.05) is 37.3 Å². The third kappa shape index (κ3) is 4.33. The smallest absolute Gasteiger partial charge is 0.387 e. The molecule has 1 aromatic heterocycles. The van der Waals surface area contributed by atoms with E-state index in [0.29, 0.717) is 29.3 Å². The van der Waals surface area contributed by atoms with Crippen molar-refractivity contribution in [1.29, 1.82) is 0 Å². The van der Waals surface area contributed by atoms with Crippen LogP contribution in [0.15, 0.2) is 53.3 Å². The predicted octanol–water partition coefficient (Wildman–Crippen LogP) is 3.34. The number of hydrogen-bond donors (Lipinski definition) is 1. The fourth-order valence-electron chi connectivity index (χ4n) is 2.82. The lowest BCUT2D eigenvalue weighted by Crippen LogP contribution is -2.30. The molecule has 3 aromatic rings. The summed E-state index contributed by atoms with van der Waals surface area (Å²) in [4.78, 5) is 25.2. The van der Waals surface area contributed by atoms with Crippen LogP contribution in [0.25, 0.3) is 10.8 Å². The number of carbonyl (C=O) groups excluding carboxylic acids is 1. The standard InChI is InChI=1S/C20H19F2N3O3/c1-2-11-25-19(27)16-6-4-3-5-15(16)17(24-25)18(26)23-12-13-7-9-14(10-8-13)28-20(21)22/h3-10,20H,2,11-12H2,1H3,(H,23,26). The summed E-state index contributed by atoms with van der Waals surface area (Å²) in [6, 6.07) is 12.8. The number of halogens is 2. The number of amides is 1. The van der Waals surface area contributed by atoms with Crippen LogP contribution in [0.3, 0.4) is 0 Å². The number of carbonyl (C=O) groups is 1. The summed E-state index contributed by atoms with van der Waals surface area (Å²) >= 11 is 0. The first-order valence-electron chi connectivity index (χ1n) is 8.81. The van der Waals surface area contributed by atoms with Crippen molar-refractivity contribution in [1.82, 2.24) is 15.1 Å². The van der Waals surface area contributed by atoms with E-state index < -0.39 is 12.5 Å². The van der Waals surface area contributed by atoms with E-state index in [1.54, 1.807) is 36.4 Å². The van der Waals surface area contributed by atoms with Crippen LogP contribution in [-0.2, 0) is 13.1 Å². The van der Waals surface area contributed by atoms with Crippen LogP contribution in [0.2, 0.25) is 0 Å². The van der Waals surface area contributed by atoms with Gasteiger partial charge in [0.25, 0.3) is 11.5 Å². The largest absolute Gasteiger partial charge is 0.435 e. The van der Waals surface area contributed by atoms with Crippen molar-refractivity contribution < 1.29 is 18.3 Å². The van der Waals surface area contributed by atoms with Crippen LogP contribution in [0, 0.1) is 0 Å². The molecule has 0 saturated heterocycles. The molecule has 0 bridgehead atoms. The van der Waals surface area contributed by atoms with Gasteiger partial charge in [-0.2, -0.15) is 13.9 Å². The Morgan fingerprint density at radius 2 is 1.82 bits per heavy atom. The van der Waals surface area contributed by atoms with Gasteiger partial charge in [0, 0.05) is 18.5 Å². The molecule has 0 atom stereocenters. The highest BCUT2D eigenvalue weighted by molar-refractivity contribution is 6.04. The van der Waals surface area contributed by atoms with Gasteiger partial charge in [-0.25, -0.2) is 4.68 Å². The zero-order chi connectivity index (χ0) is 20.1. The third-order valence-corrected chi connectivity index (χ3v) is 4.12. The monoisotopic (exact) mass is 387 g/mol. The molecule has 28 heavy (non-hydrogen) atoms. The number of nitrogens with zero attached hydrogens (tertiary/aromatic N) is 2. The number of alkyl halides is 2. The lowest BCUT2D eigenvalue weighted by atomic mass is 10.1. The Labute approximate surface area is 159 Å². The summed E-state index contributed by atoms with van der Waals surface area (Å²) in [5.74, 6) is -0.377. The van der Waals surface area contributed by atoms with Gasteiger partial charge in [0.15, 0.2) is 5.69 Å². The molecule has 0 aliphatic rings. The van der Waals surface area contributed by atoms with E-state index >= 15 is 0 Å². The molecule has 0 aliphatic heterocycles. The van der Waals surface area contributed by atoms with E-state index in [0.717, 1.165) is 0 Å². The third-order valence-electron chi connectivity index (χ3n) is 4.12. The average Bonchev–Trinajstić information content (AvgIpc) is 2.69. The topological polar surface area (TPSA) is 73.2 Å². The van der Waals surface area contributed by atoms with Crippen molar-refractivity contribution >= 4 is 16.7 Å². The van der Waals surface area contributed by atoms with Gasteiger partial charge < -0.3 is 10.1 Å². The number of hydrogen-bond acceptors (Lipinski definition) is 4. The molecule has 146 valence electrons. The minimum absolute atomic E-state index is 0.0457. The molecule has 2 aromatic carbocycles. The van der Waals surface area contributed by atoms with Gasteiger partial charge in [0.05, 0.1) is 5.39 Å². The van der Waals surface area contributed by atoms with Crippen molar-refractivity contribution in [3.63, 3.8) is 0 Å². The summed E-state index contributed by atoms with van der Waals surface area (Å²) in [6.45, 7) is -0.375. The fourth-order valence-corrected chi connectivity index (χ4v) is 2.82. The first kappa shape index (κ1) is 19.5. The minimum Gasteiger partial charge on any atom is -0.435 e. The molecule has 8 heteroatoms. The molecule has 0 spiro atoms. The second-order valence-corrected chi connectivity index (χ2v) is 6.13. The molecule has 0 unspecified atom stereocenters. The fraction of sp³-hybridized carbons (Fsp3) is 0.250. The molecule has 0 fully saturated rings. The Hall–Kier alpha value is -3.29. The number of fused-ring (bicyclic) bond motifs is 1. The highest BCUT2D eigenvalue weighted by Gasteiger charge is 2.16. The summed E-state index contributed by atoms with van der Waals surface area (Å²) in [5.41, 5.74) is 0.645. The molecular formula is C20H19F2N3O3. The molecule has 0 aliphatic carbocycles. The second kappa shape index (κ2) is 8.60. The van der Waals surface area contributed by atoms with Gasteiger partial charge in [-0.05, 0) is 30.2 Å². The Morgan fingerprint density at radius 3 is 2.46 bits per heavy atom. The Morgan fingerprint density at radius 1 is 1.14 bits per heavy atom. The molecule has 1 N–H and O–H groups in total. The van der Waals surface area contributed by atoms with E-state index in [4.69, 9.17) is 0 Å². The second-order valence-electron chi connectivity index (χ2n) is 6.13. The summed E-state index contributed by atoms with van der Waals surface area (Å²) in [6.07, 6.45) is 0.708. The van der Waals surface area contributed by atoms with Gasteiger partial charge >= 0.3 is 6.61 Å². The molecule has 0 radical (unpaired) electrons. The Kier molecular flexibility index (Phi) is 5.98. The van der Waals surface area contributed by atoms with E-state index in [1.807, 2.05) is 6.92 Å². The maximum atomic E-state index is 12.7. The van der Waals surface area contributed by atoms with Gasteiger partial charge in [0.2, 0.25) is 0 Å². The van der Waals surface area contributed by atoms with E-state index in [2.05, 4.69) is 15.2 Å². The molecule has 3 rings (SSSR count). The maximum absolute atomic E-state index is 12.7. The van der Waals surface area contributed by atoms with Crippen LogP contribution < -0.4 is 15.6 Å². The van der Waals surface area contributed by atoms with E-state index in [9.17, 15) is 18.4 Å². The molecule has 6 nitrogen and oxygen atoms in total. The number of benzene rings is 2. The summed E-state index contributed by atoms with van der Waals surface area (Å²) in [7, 11) is 0. The van der Waals surface area contributed by atoms with Crippen LogP contribution in [-0.4, -0.2) is 22.3 Å². The summed E-state index contributed by atoms with van der Waals surface area (Å²) < 4.78 is 30.0. The van der Waals surface area contributed by atoms with E-state index in [-0.39, 0.29) is 23.5 Å². The molecular weight excluding hydrogens is 368 g/mol. The quantitative estimate of drug-likeness (QED) is 0.675. The lowest BCUT2D eigenvalue weighted by molar-refractivity contribution is -0.0498. The van der Waals surface area contributed by atoms with Crippen LogP contribution in [0.5, 0.6) is 5.75 Å². The predicted molar refractivity (Wildman–Crippen MR) is 101 cm³/mol. The maximum Gasteiger partial charge on any atom is 0.387 e. The van der Waals surface area contributed by atoms with Gasteiger partial charge in [-0.3, -0.25) is 9.59 Å². The van der Waals surface area contributed by atoms with Gasteiger partial charge in [0.1, 0.15) is 5.75 Å². The Bertz CT molecular complexity index is 1030. The number of aromatic nitrogens is 2. The Balaban J connectivity index is 1.81. The SMILES string of the molecule is CCCn1nc(C(=O)NCc2ccc(OC(F)F)cc2)c2ccccc2c1=O. The van der Waals surface area contributed by atoms with Crippen molar-refractivity contribution in [2.24, 2.45) is 0 Å². The van der Waals surface area contributed by atoms with Crippen molar-refractivity contribution in [3.8, 4) is 5.75 Å². The normalized spacial score (nSPS) is 11.0. The first-order valence-corrected chi connectivity index (χ1v) is 8.81. The van der Waals surface area contributed by atoms with Gasteiger partial charge in [-0.15, -0.1) is 0 Å². The highest BCUT2D eigenvalue weighted by Crippen LogP contribution is 2.16. The van der Waals surface area contributed by atoms with Crippen molar-refractivity contribution in [2.45, 2.75) is 33.0 Å². The molecule has 1 heterocycles. The van der Waals surface area contributed by atoms with Crippen molar-refractivity contribution in [3.05, 3.63) is 70.1 Å². The number of rotatable bonds is 7. The molecule has 1 amide bonds. The summed E-state index contributed by atoms with van der Waals surface area (Å²) in [5, 5.41) is 7.91. The van der Waals surface area contributed by atoms with Crippen molar-refractivity contribution in [2.75, 3.05) is 0 Å². The van der Waals surface area contributed by atoms with Crippen LogP contribution >= 0.6 is 0 Å². The zero-order valence-corrected chi connectivity index (χ0v) is 15.2. The first-order chi connectivity index (χ1) is 13.5. The van der Waals surface area contributed by atoms with Crippen LogP contribution in [0.4, 0.5) is 8.78 Å². The van der Waals surface area contributed by atoms with Crippen LogP contribution in [0.1, 0.15) is 29.4 Å². The zero-order valence-electron chi connectivity index (χ0n) is 15.2. The number of ether oxygens (including phenoxy) is 1. The number of nitrogens with one attached hydrogen (secondary N) is 1. The minimum atomic E-state index is -2.89. The highest BCUT2D eigenvalue weighted by atomic mass is 19.3. The lowest BCUT2D eigenvalue weighted by Gasteiger charge is -2.11. The average molecular weight is 387 g/mol. The number of aryl methyl sites for hydroxylation is 1. The molecule has 0 saturated carbocycles.